The first-order valence-corrected chi connectivity index (χ1v) is 6.23. The van der Waals surface area contributed by atoms with Gasteiger partial charge in [-0.2, -0.15) is 4.80 Å². The summed E-state index contributed by atoms with van der Waals surface area (Å²) in [6, 6.07) is 0. The molecule has 0 aromatic carbocycles. The minimum Gasteiger partial charge on any atom is -0.213 e. The number of nitrogens with zero attached hydrogens (tertiary/aromatic N) is 1. The maximum atomic E-state index is 3.16. The van der Waals surface area contributed by atoms with E-state index in [1.54, 1.807) is 0 Å². The summed E-state index contributed by atoms with van der Waals surface area (Å²) in [7, 11) is 0. The van der Waals surface area contributed by atoms with Gasteiger partial charge in [-0.3, -0.25) is 0 Å². The minimum atomic E-state index is 0.358. The SMILES string of the molecule is C1CCC(C2(n3[nH][nH][nH][nH]3)CCC2)CC1. The van der Waals surface area contributed by atoms with Crippen molar-refractivity contribution in [2.75, 3.05) is 0 Å². The highest BCUT2D eigenvalue weighted by atomic mass is 15.7. The molecule has 0 atom stereocenters. The van der Waals surface area contributed by atoms with Gasteiger partial charge in [-0.15, -0.1) is 0 Å². The van der Waals surface area contributed by atoms with Crippen molar-refractivity contribution in [1.29, 1.82) is 0 Å². The van der Waals surface area contributed by atoms with Crippen molar-refractivity contribution in [3.8, 4) is 0 Å². The van der Waals surface area contributed by atoms with E-state index in [0.29, 0.717) is 5.54 Å². The van der Waals surface area contributed by atoms with Crippen LogP contribution in [0.25, 0.3) is 0 Å². The fraction of sp³-hybridized carbons (Fsp3) is 1.00. The second kappa shape index (κ2) is 3.54. The molecule has 0 radical (unpaired) electrons. The summed E-state index contributed by atoms with van der Waals surface area (Å²) in [5, 5.41) is 12.1. The fourth-order valence-corrected chi connectivity index (χ4v) is 3.41. The number of aromatic amines is 4. The van der Waals surface area contributed by atoms with Crippen molar-refractivity contribution in [2.45, 2.75) is 56.9 Å². The Hall–Kier alpha value is -1.00. The standard InChI is InChI=1S/C10H21N5/c1-2-5-9(6-3-1)10(7-4-8-10)15-13-11-12-14-15/h9,11-14H,1-8H2. The first-order valence-electron chi connectivity index (χ1n) is 6.23. The zero-order chi connectivity index (χ0) is 10.1. The molecule has 2 saturated carbocycles. The van der Waals surface area contributed by atoms with Crippen LogP contribution in [0.1, 0.15) is 51.4 Å². The van der Waals surface area contributed by atoms with E-state index in [9.17, 15) is 0 Å². The van der Waals surface area contributed by atoms with Crippen LogP contribution in [0.4, 0.5) is 0 Å². The van der Waals surface area contributed by atoms with Crippen LogP contribution < -0.4 is 0 Å². The molecule has 4 N–H and O–H groups in total. The predicted molar refractivity (Wildman–Crippen MR) is 57.9 cm³/mol. The number of hydrogen-bond acceptors (Lipinski definition) is 0. The Morgan fingerprint density at radius 2 is 1.53 bits per heavy atom. The minimum absolute atomic E-state index is 0.358. The Morgan fingerprint density at radius 1 is 0.867 bits per heavy atom. The molecule has 0 amide bonds. The Morgan fingerprint density at radius 3 is 2.07 bits per heavy atom. The third-order valence-corrected chi connectivity index (χ3v) is 4.43. The van der Waals surface area contributed by atoms with Gasteiger partial charge in [0.2, 0.25) is 0 Å². The molecule has 2 fully saturated rings. The van der Waals surface area contributed by atoms with Crippen molar-refractivity contribution >= 4 is 0 Å². The number of H-pyrrole nitrogens is 4. The lowest BCUT2D eigenvalue weighted by molar-refractivity contribution is 0.00975. The average molecular weight is 211 g/mol. The molecule has 2 aliphatic carbocycles. The van der Waals surface area contributed by atoms with Gasteiger partial charge in [0.25, 0.3) is 0 Å². The Bertz CT molecular complexity index is 311. The maximum Gasteiger partial charge on any atom is 0.0838 e. The molecule has 0 spiro atoms. The molecule has 0 aliphatic heterocycles. The zero-order valence-corrected chi connectivity index (χ0v) is 9.18. The predicted octanol–water partition coefficient (Wildman–Crippen LogP) is 2.38. The van der Waals surface area contributed by atoms with E-state index in [-0.39, 0.29) is 0 Å². The molecule has 3 rings (SSSR count). The highest BCUT2D eigenvalue weighted by Crippen LogP contribution is 2.49. The van der Waals surface area contributed by atoms with Crippen molar-refractivity contribution in [1.82, 2.24) is 25.7 Å². The normalized spacial score (nSPS) is 26.1. The maximum absolute atomic E-state index is 3.16. The van der Waals surface area contributed by atoms with E-state index in [4.69, 9.17) is 0 Å². The lowest BCUT2D eigenvalue weighted by atomic mass is 9.64. The van der Waals surface area contributed by atoms with E-state index >= 15 is 0 Å². The molecule has 1 aromatic rings. The quantitative estimate of drug-likeness (QED) is 0.580. The Labute approximate surface area is 89.2 Å². The van der Waals surface area contributed by atoms with Crippen molar-refractivity contribution in [3.05, 3.63) is 0 Å². The largest absolute Gasteiger partial charge is 0.213 e. The van der Waals surface area contributed by atoms with Gasteiger partial charge < -0.3 is 0 Å². The number of aromatic nitrogens is 5. The van der Waals surface area contributed by atoms with E-state index < -0.39 is 0 Å². The van der Waals surface area contributed by atoms with E-state index in [2.05, 4.69) is 25.7 Å². The van der Waals surface area contributed by atoms with Gasteiger partial charge in [0.1, 0.15) is 0 Å². The van der Waals surface area contributed by atoms with Gasteiger partial charge >= 0.3 is 0 Å². The van der Waals surface area contributed by atoms with Gasteiger partial charge in [-0.05, 0) is 38.0 Å². The number of nitrogens with one attached hydrogen (secondary N) is 4. The summed E-state index contributed by atoms with van der Waals surface area (Å²) in [5.41, 5.74) is 0.358. The van der Waals surface area contributed by atoms with Crippen LogP contribution in [0, 0.1) is 5.92 Å². The fourth-order valence-electron chi connectivity index (χ4n) is 3.41. The van der Waals surface area contributed by atoms with Crippen LogP contribution in [0.15, 0.2) is 0 Å². The van der Waals surface area contributed by atoms with Gasteiger partial charge in [-0.25, -0.2) is 20.9 Å². The Balaban J connectivity index is 1.85. The third kappa shape index (κ3) is 1.36. The molecule has 1 heterocycles. The van der Waals surface area contributed by atoms with Crippen LogP contribution in [-0.4, -0.2) is 25.7 Å². The smallest absolute Gasteiger partial charge is 0.0838 e. The summed E-state index contributed by atoms with van der Waals surface area (Å²) in [4.78, 5) is 2.16. The molecule has 1 aromatic heterocycles. The lowest BCUT2D eigenvalue weighted by Crippen LogP contribution is -2.49. The Kier molecular flexibility index (Phi) is 2.18. The van der Waals surface area contributed by atoms with Crippen LogP contribution >= 0.6 is 0 Å². The summed E-state index contributed by atoms with van der Waals surface area (Å²) < 4.78 is 0. The monoisotopic (exact) mass is 211 g/mol. The molecule has 15 heavy (non-hydrogen) atoms. The molecule has 0 saturated heterocycles. The van der Waals surface area contributed by atoms with Gasteiger partial charge in [0.05, 0.1) is 5.54 Å². The topological polar surface area (TPSA) is 68.1 Å². The van der Waals surface area contributed by atoms with Crippen LogP contribution in [0.2, 0.25) is 0 Å². The van der Waals surface area contributed by atoms with Gasteiger partial charge in [-0.1, -0.05) is 19.3 Å². The highest BCUT2D eigenvalue weighted by molar-refractivity contribution is 4.96. The lowest BCUT2D eigenvalue weighted by Gasteiger charge is -2.48. The van der Waals surface area contributed by atoms with Crippen LogP contribution in [0.3, 0.4) is 0 Å². The second-order valence-electron chi connectivity index (χ2n) is 5.10. The summed E-state index contributed by atoms with van der Waals surface area (Å²) in [6.45, 7) is 0. The summed E-state index contributed by atoms with van der Waals surface area (Å²) in [5.74, 6) is 0.863. The molecule has 0 unspecified atom stereocenters. The highest BCUT2D eigenvalue weighted by Gasteiger charge is 2.46. The molecule has 0 bridgehead atoms. The van der Waals surface area contributed by atoms with E-state index in [0.717, 1.165) is 5.92 Å². The summed E-state index contributed by atoms with van der Waals surface area (Å²) in [6.07, 6.45) is 11.1. The second-order valence-corrected chi connectivity index (χ2v) is 5.10. The average Bonchev–Trinajstić information content (AvgIpc) is 2.72. The van der Waals surface area contributed by atoms with Gasteiger partial charge in [0.15, 0.2) is 0 Å². The molecular weight excluding hydrogens is 190 g/mol. The molecule has 5 heteroatoms. The van der Waals surface area contributed by atoms with Crippen molar-refractivity contribution < 1.29 is 0 Å². The molecule has 2 aliphatic rings. The van der Waals surface area contributed by atoms with Gasteiger partial charge in [0, 0.05) is 0 Å². The first kappa shape index (κ1) is 9.24. The third-order valence-electron chi connectivity index (χ3n) is 4.43. The van der Waals surface area contributed by atoms with E-state index in [1.807, 2.05) is 0 Å². The molecular formula is C10H21N5. The van der Waals surface area contributed by atoms with Crippen molar-refractivity contribution in [3.63, 3.8) is 0 Å². The molecule has 5 nitrogen and oxygen atoms in total. The summed E-state index contributed by atoms with van der Waals surface area (Å²) >= 11 is 0. The van der Waals surface area contributed by atoms with Crippen molar-refractivity contribution in [2.24, 2.45) is 5.92 Å². The zero-order valence-electron chi connectivity index (χ0n) is 9.18. The number of hydrogen-bond donors (Lipinski definition) is 4. The first-order chi connectivity index (χ1) is 7.42. The van der Waals surface area contributed by atoms with Crippen LogP contribution in [-0.2, 0) is 5.54 Å². The van der Waals surface area contributed by atoms with E-state index in [1.165, 1.54) is 51.4 Å². The molecule has 86 valence electrons. The van der Waals surface area contributed by atoms with Crippen LogP contribution in [0.5, 0.6) is 0 Å². The number of rotatable bonds is 2.